The quantitative estimate of drug-likeness (QED) is 0.660. The number of amides is 1. The fraction of sp³-hybridized carbons (Fsp3) is 0.364. The number of para-hydroxylation sites is 1. The SMILES string of the molecule is COC(=O)c1ccccc1NC(=O)[C@@H]1CCCN(c2ncnc3oc(C)c(C)c23)C1. The van der Waals surface area contributed by atoms with E-state index in [1.807, 2.05) is 13.8 Å². The summed E-state index contributed by atoms with van der Waals surface area (Å²) < 4.78 is 10.5. The first-order valence-electron chi connectivity index (χ1n) is 9.93. The van der Waals surface area contributed by atoms with Gasteiger partial charge in [-0.25, -0.2) is 14.8 Å². The predicted molar refractivity (Wildman–Crippen MR) is 113 cm³/mol. The second-order valence-corrected chi connectivity index (χ2v) is 7.47. The number of carbonyl (C=O) groups is 2. The van der Waals surface area contributed by atoms with Gasteiger partial charge in [0.05, 0.1) is 29.7 Å². The van der Waals surface area contributed by atoms with Gasteiger partial charge < -0.3 is 19.4 Å². The van der Waals surface area contributed by atoms with E-state index in [0.29, 0.717) is 23.5 Å². The fourth-order valence-electron chi connectivity index (χ4n) is 3.90. The van der Waals surface area contributed by atoms with Crippen molar-refractivity contribution in [2.24, 2.45) is 5.92 Å². The molecule has 0 bridgehead atoms. The molecule has 0 spiro atoms. The first kappa shape index (κ1) is 19.9. The number of benzene rings is 1. The van der Waals surface area contributed by atoms with Crippen molar-refractivity contribution in [2.45, 2.75) is 26.7 Å². The van der Waals surface area contributed by atoms with Gasteiger partial charge in [0.2, 0.25) is 11.6 Å². The number of hydrogen-bond acceptors (Lipinski definition) is 7. The number of nitrogens with zero attached hydrogens (tertiary/aromatic N) is 3. The summed E-state index contributed by atoms with van der Waals surface area (Å²) in [5, 5.41) is 3.80. The number of aromatic nitrogens is 2. The lowest BCUT2D eigenvalue weighted by atomic mass is 9.96. The highest BCUT2D eigenvalue weighted by Crippen LogP contribution is 2.33. The molecule has 0 aliphatic carbocycles. The van der Waals surface area contributed by atoms with Crippen LogP contribution in [0.5, 0.6) is 0 Å². The number of esters is 1. The van der Waals surface area contributed by atoms with E-state index in [4.69, 9.17) is 9.15 Å². The summed E-state index contributed by atoms with van der Waals surface area (Å²) >= 11 is 0. The molecule has 1 aromatic carbocycles. The molecule has 30 heavy (non-hydrogen) atoms. The Balaban J connectivity index is 1.56. The van der Waals surface area contributed by atoms with Crippen LogP contribution >= 0.6 is 0 Å². The molecule has 0 unspecified atom stereocenters. The first-order chi connectivity index (χ1) is 14.5. The molecule has 3 aromatic rings. The average Bonchev–Trinajstić information content (AvgIpc) is 3.07. The Morgan fingerprint density at radius 2 is 2.03 bits per heavy atom. The molecule has 3 heterocycles. The molecule has 1 saturated heterocycles. The second-order valence-electron chi connectivity index (χ2n) is 7.47. The number of ether oxygens (including phenoxy) is 1. The molecule has 8 heteroatoms. The van der Waals surface area contributed by atoms with Crippen molar-refractivity contribution in [3.8, 4) is 0 Å². The van der Waals surface area contributed by atoms with E-state index in [0.717, 1.165) is 41.9 Å². The molecule has 1 aliphatic heterocycles. The zero-order valence-corrected chi connectivity index (χ0v) is 17.3. The summed E-state index contributed by atoms with van der Waals surface area (Å²) in [7, 11) is 1.32. The summed E-state index contributed by atoms with van der Waals surface area (Å²) in [5.41, 5.74) is 2.37. The van der Waals surface area contributed by atoms with Gasteiger partial charge in [-0.2, -0.15) is 0 Å². The van der Waals surface area contributed by atoms with Gasteiger partial charge in [0.25, 0.3) is 0 Å². The zero-order valence-electron chi connectivity index (χ0n) is 17.3. The molecular weight excluding hydrogens is 384 g/mol. The number of piperidine rings is 1. The lowest BCUT2D eigenvalue weighted by molar-refractivity contribution is -0.120. The molecule has 8 nitrogen and oxygen atoms in total. The van der Waals surface area contributed by atoms with Crippen LogP contribution in [0.15, 0.2) is 35.0 Å². The van der Waals surface area contributed by atoms with Gasteiger partial charge in [-0.1, -0.05) is 12.1 Å². The van der Waals surface area contributed by atoms with Gasteiger partial charge in [0.15, 0.2) is 0 Å². The number of nitrogens with one attached hydrogen (secondary N) is 1. The van der Waals surface area contributed by atoms with Crippen molar-refractivity contribution in [3.05, 3.63) is 47.5 Å². The van der Waals surface area contributed by atoms with E-state index in [-0.39, 0.29) is 11.8 Å². The van der Waals surface area contributed by atoms with Crippen molar-refractivity contribution < 1.29 is 18.7 Å². The van der Waals surface area contributed by atoms with E-state index in [1.54, 1.807) is 24.3 Å². The molecule has 0 radical (unpaired) electrons. The molecule has 1 aliphatic rings. The van der Waals surface area contributed by atoms with Crippen LogP contribution in [0.1, 0.15) is 34.5 Å². The largest absolute Gasteiger partial charge is 0.465 e. The molecule has 1 amide bonds. The van der Waals surface area contributed by atoms with Crippen molar-refractivity contribution in [1.82, 2.24) is 9.97 Å². The number of carbonyl (C=O) groups excluding carboxylic acids is 2. The second kappa shape index (κ2) is 8.14. The average molecular weight is 408 g/mol. The molecular formula is C22H24N4O4. The van der Waals surface area contributed by atoms with Crippen LogP contribution in [-0.2, 0) is 9.53 Å². The number of rotatable bonds is 4. The number of fused-ring (bicyclic) bond motifs is 1. The molecule has 156 valence electrons. The normalized spacial score (nSPS) is 16.5. The van der Waals surface area contributed by atoms with Gasteiger partial charge in [-0.3, -0.25) is 4.79 Å². The van der Waals surface area contributed by atoms with Gasteiger partial charge in [-0.05, 0) is 38.8 Å². The summed E-state index contributed by atoms with van der Waals surface area (Å²) in [4.78, 5) is 35.8. The van der Waals surface area contributed by atoms with Crippen molar-refractivity contribution in [2.75, 3.05) is 30.4 Å². The van der Waals surface area contributed by atoms with Crippen molar-refractivity contribution >= 4 is 34.5 Å². The number of methoxy groups -OCH3 is 1. The Labute approximate surface area is 174 Å². The van der Waals surface area contributed by atoms with Crippen LogP contribution in [0, 0.1) is 19.8 Å². The highest BCUT2D eigenvalue weighted by Gasteiger charge is 2.29. The minimum atomic E-state index is -0.481. The van der Waals surface area contributed by atoms with E-state index < -0.39 is 5.97 Å². The summed E-state index contributed by atoms with van der Waals surface area (Å²) in [6, 6.07) is 6.85. The summed E-state index contributed by atoms with van der Waals surface area (Å²) in [6.07, 6.45) is 3.12. The van der Waals surface area contributed by atoms with Crippen LogP contribution in [-0.4, -0.2) is 42.0 Å². The Kier molecular flexibility index (Phi) is 5.39. The monoisotopic (exact) mass is 408 g/mol. The third-order valence-corrected chi connectivity index (χ3v) is 5.63. The van der Waals surface area contributed by atoms with Crippen LogP contribution in [0.4, 0.5) is 11.5 Å². The minimum Gasteiger partial charge on any atom is -0.465 e. The Morgan fingerprint density at radius 1 is 1.23 bits per heavy atom. The summed E-state index contributed by atoms with van der Waals surface area (Å²) in [5.74, 6) is 0.772. The highest BCUT2D eigenvalue weighted by molar-refractivity contribution is 6.02. The number of hydrogen-bond donors (Lipinski definition) is 1. The van der Waals surface area contributed by atoms with E-state index in [1.165, 1.54) is 13.4 Å². The minimum absolute atomic E-state index is 0.124. The van der Waals surface area contributed by atoms with Crippen LogP contribution in [0.2, 0.25) is 0 Å². The molecule has 2 aromatic heterocycles. The van der Waals surface area contributed by atoms with Crippen molar-refractivity contribution in [3.63, 3.8) is 0 Å². The topological polar surface area (TPSA) is 97.6 Å². The lowest BCUT2D eigenvalue weighted by Gasteiger charge is -2.33. The fourth-order valence-corrected chi connectivity index (χ4v) is 3.90. The van der Waals surface area contributed by atoms with Crippen molar-refractivity contribution in [1.29, 1.82) is 0 Å². The Bertz CT molecular complexity index is 1110. The maximum atomic E-state index is 13.0. The van der Waals surface area contributed by atoms with E-state index in [2.05, 4.69) is 20.2 Å². The van der Waals surface area contributed by atoms with Crippen LogP contribution < -0.4 is 10.2 Å². The highest BCUT2D eigenvalue weighted by atomic mass is 16.5. The molecule has 4 rings (SSSR count). The van der Waals surface area contributed by atoms with Crippen LogP contribution in [0.25, 0.3) is 11.1 Å². The summed E-state index contributed by atoms with van der Waals surface area (Å²) in [6.45, 7) is 5.23. The zero-order chi connectivity index (χ0) is 21.3. The third kappa shape index (κ3) is 3.60. The lowest BCUT2D eigenvalue weighted by Crippen LogP contribution is -2.41. The van der Waals surface area contributed by atoms with Gasteiger partial charge in [-0.15, -0.1) is 0 Å². The Morgan fingerprint density at radius 3 is 2.83 bits per heavy atom. The van der Waals surface area contributed by atoms with Gasteiger partial charge in [0.1, 0.15) is 17.9 Å². The van der Waals surface area contributed by atoms with Gasteiger partial charge in [0, 0.05) is 18.7 Å². The first-order valence-corrected chi connectivity index (χ1v) is 9.93. The maximum Gasteiger partial charge on any atom is 0.339 e. The van der Waals surface area contributed by atoms with E-state index in [9.17, 15) is 9.59 Å². The Hall–Kier alpha value is -3.42. The standard InChI is InChI=1S/C22H24N4O4/c1-13-14(2)30-21-18(13)19(23-12-24-21)26-10-6-7-15(11-26)20(27)25-17-9-5-4-8-16(17)22(28)29-3/h4-5,8-9,12,15H,6-7,10-11H2,1-3H3,(H,25,27)/t15-/m1/s1. The molecule has 1 fully saturated rings. The molecule has 1 atom stereocenters. The third-order valence-electron chi connectivity index (χ3n) is 5.63. The van der Waals surface area contributed by atoms with Crippen LogP contribution in [0.3, 0.4) is 0 Å². The number of anilines is 2. The predicted octanol–water partition coefficient (Wildman–Crippen LogP) is 3.48. The number of aryl methyl sites for hydroxylation is 2. The number of furan rings is 1. The smallest absolute Gasteiger partial charge is 0.339 e. The van der Waals surface area contributed by atoms with Gasteiger partial charge >= 0.3 is 5.97 Å². The maximum absolute atomic E-state index is 13.0. The molecule has 1 N–H and O–H groups in total. The van der Waals surface area contributed by atoms with E-state index >= 15 is 0 Å². The molecule has 0 saturated carbocycles.